The Morgan fingerprint density at radius 3 is 2.55 bits per heavy atom. The van der Waals surface area contributed by atoms with E-state index in [1.54, 1.807) is 26.8 Å². The fourth-order valence-electron chi connectivity index (χ4n) is 4.46. The van der Waals surface area contributed by atoms with Gasteiger partial charge in [-0.05, 0) is 39.3 Å². The van der Waals surface area contributed by atoms with Crippen molar-refractivity contribution in [1.29, 1.82) is 0 Å². The maximum absolute atomic E-state index is 13.9. The first-order valence-electron chi connectivity index (χ1n) is 10.4. The second kappa shape index (κ2) is 7.40. The van der Waals surface area contributed by atoms with Crippen LogP contribution >= 0.6 is 0 Å². The van der Waals surface area contributed by atoms with Gasteiger partial charge in [0.15, 0.2) is 11.6 Å². The Morgan fingerprint density at radius 1 is 1.10 bits per heavy atom. The number of likely N-dealkylation sites (tertiary alicyclic amines) is 1. The number of carbonyl (C=O) groups excluding carboxylic acids is 1. The molecule has 8 nitrogen and oxygen atoms in total. The van der Waals surface area contributed by atoms with Gasteiger partial charge in [0.05, 0.1) is 28.6 Å². The summed E-state index contributed by atoms with van der Waals surface area (Å²) in [5.41, 5.74) is 1.87. The molecule has 2 aliphatic heterocycles. The number of anilines is 1. The molecule has 2 saturated heterocycles. The molecular formula is C22H23FN6O2. The van der Waals surface area contributed by atoms with Crippen LogP contribution < -0.4 is 4.90 Å². The van der Waals surface area contributed by atoms with Gasteiger partial charge in [0.1, 0.15) is 0 Å². The number of aromatic nitrogens is 4. The minimum atomic E-state index is -0.369. The first kappa shape index (κ1) is 19.6. The van der Waals surface area contributed by atoms with Crippen molar-refractivity contribution in [3.63, 3.8) is 0 Å². The molecule has 2 aromatic heterocycles. The standard InChI is InChI=1S/C22H23FN6O2/c1-12-19(23)13(2)25-22(24-12)28-9-8-15-10-29(18(15)11-28)21(30)17-7-5-4-6-16(17)20-26-14(3)27-31-20/h4-7,15,18H,8-11H2,1-3H3/t15-,18-/m1/s1. The zero-order valence-electron chi connectivity index (χ0n) is 17.7. The number of hydrogen-bond acceptors (Lipinski definition) is 7. The Bertz CT molecular complexity index is 1140. The minimum absolute atomic E-state index is 0.0538. The number of rotatable bonds is 3. The van der Waals surface area contributed by atoms with Crippen LogP contribution in [-0.4, -0.2) is 56.6 Å². The fourth-order valence-corrected chi connectivity index (χ4v) is 4.46. The summed E-state index contributed by atoms with van der Waals surface area (Å²) < 4.78 is 19.2. The zero-order chi connectivity index (χ0) is 21.7. The van der Waals surface area contributed by atoms with Crippen molar-refractivity contribution in [2.45, 2.75) is 33.2 Å². The number of piperidine rings is 1. The van der Waals surface area contributed by atoms with Gasteiger partial charge in [-0.15, -0.1) is 0 Å². The summed E-state index contributed by atoms with van der Waals surface area (Å²) in [5.74, 6) is 1.41. The van der Waals surface area contributed by atoms with Crippen LogP contribution in [0.3, 0.4) is 0 Å². The number of halogens is 1. The summed E-state index contributed by atoms with van der Waals surface area (Å²) in [7, 11) is 0. The van der Waals surface area contributed by atoms with Crippen LogP contribution in [0.4, 0.5) is 10.3 Å². The molecule has 2 fully saturated rings. The lowest BCUT2D eigenvalue weighted by Gasteiger charge is -2.53. The number of carbonyl (C=O) groups is 1. The molecule has 160 valence electrons. The van der Waals surface area contributed by atoms with E-state index in [0.29, 0.717) is 52.6 Å². The summed E-state index contributed by atoms with van der Waals surface area (Å²) >= 11 is 0. The molecular weight excluding hydrogens is 399 g/mol. The van der Waals surface area contributed by atoms with E-state index in [4.69, 9.17) is 4.52 Å². The Hall–Kier alpha value is -3.36. The molecule has 0 bridgehead atoms. The summed E-state index contributed by atoms with van der Waals surface area (Å²) in [6, 6.07) is 7.36. The Balaban J connectivity index is 1.38. The molecule has 0 N–H and O–H groups in total. The second-order valence-electron chi connectivity index (χ2n) is 8.22. The molecule has 1 amide bonds. The van der Waals surface area contributed by atoms with E-state index in [1.165, 1.54) is 0 Å². The van der Waals surface area contributed by atoms with E-state index in [9.17, 15) is 9.18 Å². The van der Waals surface area contributed by atoms with Gasteiger partial charge in [-0.3, -0.25) is 4.79 Å². The van der Waals surface area contributed by atoms with E-state index >= 15 is 0 Å². The molecule has 0 saturated carbocycles. The lowest BCUT2D eigenvalue weighted by molar-refractivity contribution is 0.00772. The van der Waals surface area contributed by atoms with Gasteiger partial charge < -0.3 is 14.3 Å². The number of fused-ring (bicyclic) bond motifs is 1. The summed E-state index contributed by atoms with van der Waals surface area (Å²) in [6.45, 7) is 7.19. The van der Waals surface area contributed by atoms with Crippen molar-refractivity contribution < 1.29 is 13.7 Å². The molecule has 0 unspecified atom stereocenters. The third-order valence-electron chi connectivity index (χ3n) is 6.18. The first-order valence-corrected chi connectivity index (χ1v) is 10.4. The van der Waals surface area contributed by atoms with Crippen molar-refractivity contribution in [2.24, 2.45) is 5.92 Å². The predicted octanol–water partition coefficient (Wildman–Crippen LogP) is 2.94. The molecule has 4 heterocycles. The third kappa shape index (κ3) is 3.34. The average Bonchev–Trinajstić information content (AvgIpc) is 3.18. The smallest absolute Gasteiger partial charge is 0.258 e. The van der Waals surface area contributed by atoms with Gasteiger partial charge in [0.2, 0.25) is 5.95 Å². The SMILES string of the molecule is Cc1noc(-c2ccccc2C(=O)N2C[C@H]3CCN(c4nc(C)c(F)c(C)n4)C[C@H]32)n1. The van der Waals surface area contributed by atoms with Crippen LogP contribution in [0, 0.1) is 32.5 Å². The van der Waals surface area contributed by atoms with Crippen molar-refractivity contribution in [2.75, 3.05) is 24.5 Å². The van der Waals surface area contributed by atoms with Crippen molar-refractivity contribution in [1.82, 2.24) is 25.0 Å². The molecule has 2 atom stereocenters. The van der Waals surface area contributed by atoms with Crippen molar-refractivity contribution in [3.8, 4) is 11.5 Å². The van der Waals surface area contributed by atoms with Crippen LogP contribution in [0.25, 0.3) is 11.5 Å². The molecule has 1 aromatic carbocycles. The van der Waals surface area contributed by atoms with Gasteiger partial charge in [0, 0.05) is 25.6 Å². The zero-order valence-corrected chi connectivity index (χ0v) is 17.7. The topological polar surface area (TPSA) is 88.3 Å². The normalized spacial score (nSPS) is 20.4. The number of aryl methyl sites for hydroxylation is 3. The second-order valence-corrected chi connectivity index (χ2v) is 8.22. The predicted molar refractivity (Wildman–Crippen MR) is 111 cm³/mol. The van der Waals surface area contributed by atoms with E-state index in [2.05, 4.69) is 20.1 Å². The fraction of sp³-hybridized carbons (Fsp3) is 0.409. The van der Waals surface area contributed by atoms with Gasteiger partial charge in [-0.2, -0.15) is 4.98 Å². The third-order valence-corrected chi connectivity index (χ3v) is 6.18. The molecule has 0 radical (unpaired) electrons. The molecule has 0 aliphatic carbocycles. The molecule has 0 spiro atoms. The lowest BCUT2D eigenvalue weighted by Crippen LogP contribution is -2.66. The highest BCUT2D eigenvalue weighted by Crippen LogP contribution is 2.36. The van der Waals surface area contributed by atoms with Crippen LogP contribution in [0.1, 0.15) is 34.0 Å². The van der Waals surface area contributed by atoms with Gasteiger partial charge in [-0.25, -0.2) is 14.4 Å². The van der Waals surface area contributed by atoms with Crippen molar-refractivity contribution in [3.05, 3.63) is 52.9 Å². The monoisotopic (exact) mass is 422 g/mol. The molecule has 3 aromatic rings. The molecule has 31 heavy (non-hydrogen) atoms. The molecule has 2 aliphatic rings. The average molecular weight is 422 g/mol. The lowest BCUT2D eigenvalue weighted by atomic mass is 9.81. The quantitative estimate of drug-likeness (QED) is 0.641. The van der Waals surface area contributed by atoms with E-state index in [1.807, 2.05) is 28.0 Å². The number of benzene rings is 1. The van der Waals surface area contributed by atoms with Crippen LogP contribution in [-0.2, 0) is 0 Å². The summed E-state index contributed by atoms with van der Waals surface area (Å²) in [4.78, 5) is 30.3. The van der Waals surface area contributed by atoms with E-state index in [-0.39, 0.29) is 17.8 Å². The van der Waals surface area contributed by atoms with E-state index in [0.717, 1.165) is 19.5 Å². The summed E-state index contributed by atoms with van der Waals surface area (Å²) in [5, 5.41) is 3.84. The van der Waals surface area contributed by atoms with Crippen LogP contribution in [0.2, 0.25) is 0 Å². The number of amides is 1. The van der Waals surface area contributed by atoms with Gasteiger partial charge in [0.25, 0.3) is 11.8 Å². The van der Waals surface area contributed by atoms with Crippen LogP contribution in [0.5, 0.6) is 0 Å². The number of nitrogens with zero attached hydrogens (tertiary/aromatic N) is 6. The van der Waals surface area contributed by atoms with Crippen molar-refractivity contribution >= 4 is 11.9 Å². The van der Waals surface area contributed by atoms with Crippen LogP contribution in [0.15, 0.2) is 28.8 Å². The maximum Gasteiger partial charge on any atom is 0.258 e. The van der Waals surface area contributed by atoms with Gasteiger partial charge in [-0.1, -0.05) is 17.3 Å². The highest BCUT2D eigenvalue weighted by molar-refractivity contribution is 6.00. The maximum atomic E-state index is 13.9. The largest absolute Gasteiger partial charge is 0.339 e. The Morgan fingerprint density at radius 2 is 1.84 bits per heavy atom. The molecule has 5 rings (SSSR count). The highest BCUT2D eigenvalue weighted by atomic mass is 19.1. The Kier molecular flexibility index (Phi) is 4.68. The summed E-state index contributed by atoms with van der Waals surface area (Å²) in [6.07, 6.45) is 0.942. The van der Waals surface area contributed by atoms with Gasteiger partial charge >= 0.3 is 0 Å². The Labute approximate surface area is 179 Å². The minimum Gasteiger partial charge on any atom is -0.339 e. The number of hydrogen-bond donors (Lipinski definition) is 0. The first-order chi connectivity index (χ1) is 14.9. The molecule has 9 heteroatoms. The highest BCUT2D eigenvalue weighted by Gasteiger charge is 2.46. The van der Waals surface area contributed by atoms with E-state index < -0.39 is 0 Å².